The number of benzene rings is 1. The molecule has 0 aromatic heterocycles. The normalized spacial score (nSPS) is 24.8. The van der Waals surface area contributed by atoms with Gasteiger partial charge in [-0.25, -0.2) is 8.42 Å². The Kier molecular flexibility index (Phi) is 3.77. The molecule has 0 radical (unpaired) electrons. The predicted molar refractivity (Wildman–Crippen MR) is 72.7 cm³/mol. The number of hydrogen-bond donors (Lipinski definition) is 1. The van der Waals surface area contributed by atoms with Crippen molar-refractivity contribution in [2.75, 3.05) is 12.0 Å². The topological polar surface area (TPSA) is 63.2 Å². The Balaban J connectivity index is 2.33. The van der Waals surface area contributed by atoms with E-state index in [1.807, 2.05) is 30.3 Å². The first-order valence-corrected chi connectivity index (χ1v) is 8.30. The second kappa shape index (κ2) is 5.16. The Labute approximate surface area is 110 Å². The van der Waals surface area contributed by atoms with Gasteiger partial charge >= 0.3 is 0 Å². The van der Waals surface area contributed by atoms with E-state index < -0.39 is 21.8 Å². The van der Waals surface area contributed by atoms with Gasteiger partial charge < -0.3 is 5.32 Å². The highest BCUT2D eigenvalue weighted by molar-refractivity contribution is 8.03. The van der Waals surface area contributed by atoms with Gasteiger partial charge in [0.15, 0.2) is 9.84 Å². The number of hydrogen-bond acceptors (Lipinski definition) is 4. The van der Waals surface area contributed by atoms with Crippen molar-refractivity contribution in [1.29, 1.82) is 0 Å². The number of carbonyl (C=O) groups excluding carboxylic acids is 1. The molecule has 96 valence electrons. The molecule has 1 aliphatic heterocycles. The minimum absolute atomic E-state index is 0.0881. The van der Waals surface area contributed by atoms with Crippen LogP contribution < -0.4 is 5.32 Å². The molecule has 1 amide bonds. The van der Waals surface area contributed by atoms with Gasteiger partial charge in [-0.15, -0.1) is 11.8 Å². The highest BCUT2D eigenvalue weighted by Crippen LogP contribution is 2.25. The van der Waals surface area contributed by atoms with E-state index in [1.165, 1.54) is 17.2 Å². The molecule has 1 saturated heterocycles. The van der Waals surface area contributed by atoms with E-state index in [1.54, 1.807) is 6.26 Å². The van der Waals surface area contributed by atoms with Crippen LogP contribution in [0.2, 0.25) is 0 Å². The Morgan fingerprint density at radius 3 is 2.56 bits per heavy atom. The monoisotopic (exact) mass is 283 g/mol. The van der Waals surface area contributed by atoms with Gasteiger partial charge in [0.05, 0.1) is 11.8 Å². The fourth-order valence-corrected chi connectivity index (χ4v) is 4.25. The predicted octanol–water partition coefficient (Wildman–Crippen LogP) is 1.48. The van der Waals surface area contributed by atoms with Crippen molar-refractivity contribution in [1.82, 2.24) is 5.32 Å². The van der Waals surface area contributed by atoms with Crippen molar-refractivity contribution < 1.29 is 13.2 Å². The number of sulfone groups is 1. The Morgan fingerprint density at radius 1 is 1.33 bits per heavy atom. The number of nitrogens with one attached hydrogen (secondary N) is 1. The van der Waals surface area contributed by atoms with Crippen LogP contribution >= 0.6 is 11.8 Å². The number of carbonyl (C=O) groups is 1. The van der Waals surface area contributed by atoms with Gasteiger partial charge in [-0.2, -0.15) is 0 Å². The molecule has 4 nitrogen and oxygen atoms in total. The smallest absolute Gasteiger partial charge is 0.263 e. The van der Waals surface area contributed by atoms with Crippen LogP contribution in [0.15, 0.2) is 40.6 Å². The van der Waals surface area contributed by atoms with E-state index in [0.29, 0.717) is 0 Å². The van der Waals surface area contributed by atoms with Gasteiger partial charge in [0.2, 0.25) is 0 Å². The van der Waals surface area contributed by atoms with Crippen molar-refractivity contribution in [3.05, 3.63) is 46.2 Å². The van der Waals surface area contributed by atoms with Crippen molar-refractivity contribution in [2.45, 2.75) is 6.04 Å². The average molecular weight is 283 g/mol. The summed E-state index contributed by atoms with van der Waals surface area (Å²) in [6.07, 6.45) is 1.72. The summed E-state index contributed by atoms with van der Waals surface area (Å²) in [5.74, 6) is -0.612. The number of thioether (sulfide) groups is 1. The molecule has 1 fully saturated rings. The zero-order valence-corrected chi connectivity index (χ0v) is 11.4. The van der Waals surface area contributed by atoms with Crippen LogP contribution in [0.3, 0.4) is 0 Å². The molecule has 0 bridgehead atoms. The van der Waals surface area contributed by atoms with Crippen LogP contribution in [0.4, 0.5) is 0 Å². The second-order valence-corrected chi connectivity index (χ2v) is 6.65. The van der Waals surface area contributed by atoms with Crippen LogP contribution in [0.5, 0.6) is 0 Å². The average Bonchev–Trinajstić information content (AvgIpc) is 2.34. The van der Waals surface area contributed by atoms with E-state index >= 15 is 0 Å². The molecule has 1 aromatic rings. The fourth-order valence-electron chi connectivity index (χ4n) is 1.82. The summed E-state index contributed by atoms with van der Waals surface area (Å²) in [5, 5.41) is 4.10. The number of amides is 1. The molecule has 0 spiro atoms. The molecule has 1 heterocycles. The molecule has 2 rings (SSSR count). The lowest BCUT2D eigenvalue weighted by Gasteiger charge is -2.25. The van der Waals surface area contributed by atoms with Crippen LogP contribution in [-0.2, 0) is 14.6 Å². The van der Waals surface area contributed by atoms with Gasteiger partial charge in [0.1, 0.15) is 4.91 Å². The highest BCUT2D eigenvalue weighted by atomic mass is 32.2. The lowest BCUT2D eigenvalue weighted by molar-refractivity contribution is -0.117. The molecule has 1 unspecified atom stereocenters. The summed E-state index contributed by atoms with van der Waals surface area (Å²) in [4.78, 5) is 11.7. The van der Waals surface area contributed by atoms with E-state index in [0.717, 1.165) is 5.56 Å². The van der Waals surface area contributed by atoms with Gasteiger partial charge in [0.25, 0.3) is 5.91 Å². The van der Waals surface area contributed by atoms with Crippen LogP contribution in [0.1, 0.15) is 11.6 Å². The largest absolute Gasteiger partial charge is 0.344 e. The van der Waals surface area contributed by atoms with Gasteiger partial charge in [-0.05, 0) is 17.2 Å². The Morgan fingerprint density at radius 2 is 2.00 bits per heavy atom. The maximum atomic E-state index is 12.0. The first-order valence-electron chi connectivity index (χ1n) is 5.36. The molecule has 1 N–H and O–H groups in total. The molecule has 1 aliphatic rings. The fraction of sp³-hybridized carbons (Fsp3) is 0.250. The van der Waals surface area contributed by atoms with Gasteiger partial charge in [-0.1, -0.05) is 30.3 Å². The Hall–Kier alpha value is -1.27. The molecular weight excluding hydrogens is 270 g/mol. The maximum Gasteiger partial charge on any atom is 0.263 e. The Bertz CT molecular complexity index is 579. The SMILES string of the molecule is CS/C=C1\C(=O)NC(c2ccccc2)CS1(=O)=O. The molecule has 0 saturated carbocycles. The number of rotatable bonds is 2. The highest BCUT2D eigenvalue weighted by Gasteiger charge is 2.35. The molecule has 0 aliphatic carbocycles. The van der Waals surface area contributed by atoms with Crippen LogP contribution in [0.25, 0.3) is 0 Å². The molecule has 18 heavy (non-hydrogen) atoms. The zero-order chi connectivity index (χ0) is 13.2. The minimum atomic E-state index is -3.50. The third-order valence-corrected chi connectivity index (χ3v) is 5.04. The summed E-state index contributed by atoms with van der Waals surface area (Å²) >= 11 is 1.21. The zero-order valence-electron chi connectivity index (χ0n) is 9.79. The first-order chi connectivity index (χ1) is 8.54. The summed E-state index contributed by atoms with van der Waals surface area (Å²) in [5.41, 5.74) is 0.803. The van der Waals surface area contributed by atoms with Crippen molar-refractivity contribution in [3.8, 4) is 0 Å². The quantitative estimate of drug-likeness (QED) is 0.835. The van der Waals surface area contributed by atoms with Crippen molar-refractivity contribution >= 4 is 27.5 Å². The van der Waals surface area contributed by atoms with Crippen LogP contribution in [-0.4, -0.2) is 26.3 Å². The maximum absolute atomic E-state index is 12.0. The standard InChI is InChI=1S/C12H13NO3S2/c1-17-7-11-12(14)13-10(8-18(11,15)16)9-5-3-2-4-6-9/h2-7,10H,8H2,1H3,(H,13,14)/b11-7+. The molecule has 6 heteroatoms. The summed E-state index contributed by atoms with van der Waals surface area (Å²) in [7, 11) is -3.50. The molecule has 1 aromatic carbocycles. The lowest BCUT2D eigenvalue weighted by Crippen LogP contribution is -2.42. The summed E-state index contributed by atoms with van der Waals surface area (Å²) in [6, 6.07) is 8.64. The minimum Gasteiger partial charge on any atom is -0.344 e. The summed E-state index contributed by atoms with van der Waals surface area (Å²) < 4.78 is 24.0. The molecule has 1 atom stereocenters. The van der Waals surface area contributed by atoms with Crippen molar-refractivity contribution in [2.24, 2.45) is 0 Å². The third kappa shape index (κ3) is 2.59. The summed E-state index contributed by atoms with van der Waals surface area (Å²) in [6.45, 7) is 0. The van der Waals surface area contributed by atoms with Crippen molar-refractivity contribution in [3.63, 3.8) is 0 Å². The molecular formula is C12H13NO3S2. The third-order valence-electron chi connectivity index (χ3n) is 2.68. The first kappa shape index (κ1) is 13.2. The van der Waals surface area contributed by atoms with E-state index in [2.05, 4.69) is 5.32 Å². The van der Waals surface area contributed by atoms with E-state index in [4.69, 9.17) is 0 Å². The van der Waals surface area contributed by atoms with Gasteiger partial charge in [-0.3, -0.25) is 4.79 Å². The lowest BCUT2D eigenvalue weighted by atomic mass is 10.1. The van der Waals surface area contributed by atoms with E-state index in [9.17, 15) is 13.2 Å². The van der Waals surface area contributed by atoms with Crippen LogP contribution in [0, 0.1) is 0 Å². The van der Waals surface area contributed by atoms with Gasteiger partial charge in [0, 0.05) is 0 Å². The second-order valence-electron chi connectivity index (χ2n) is 3.94. The van der Waals surface area contributed by atoms with E-state index in [-0.39, 0.29) is 10.7 Å².